The zero-order chi connectivity index (χ0) is 18.4. The van der Waals surface area contributed by atoms with E-state index in [1.54, 1.807) is 12.0 Å². The van der Waals surface area contributed by atoms with Crippen molar-refractivity contribution in [3.05, 3.63) is 21.9 Å². The number of nitrogens with one attached hydrogen (secondary N) is 2. The first-order valence-electron chi connectivity index (χ1n) is 9.88. The largest absolute Gasteiger partial charge is 0.385 e. The SMILES string of the molecule is CN=C(NCC(C)N1CCc2sccc2C1)NCC1(CCOC)CCC1.I. The van der Waals surface area contributed by atoms with Gasteiger partial charge in [0.15, 0.2) is 5.96 Å². The van der Waals surface area contributed by atoms with E-state index in [4.69, 9.17) is 4.74 Å². The number of methoxy groups -OCH3 is 1. The Labute approximate surface area is 185 Å². The van der Waals surface area contributed by atoms with E-state index in [0.717, 1.165) is 45.2 Å². The molecule has 3 rings (SSSR count). The van der Waals surface area contributed by atoms with E-state index in [2.05, 4.69) is 38.9 Å². The van der Waals surface area contributed by atoms with Crippen molar-refractivity contribution < 1.29 is 4.74 Å². The molecule has 0 amide bonds. The first-order valence-corrected chi connectivity index (χ1v) is 10.8. The van der Waals surface area contributed by atoms with Crippen LogP contribution in [-0.4, -0.2) is 57.3 Å². The number of hydrogen-bond donors (Lipinski definition) is 2. The highest BCUT2D eigenvalue weighted by Gasteiger charge is 2.36. The van der Waals surface area contributed by atoms with Crippen LogP contribution in [0.1, 0.15) is 43.0 Å². The summed E-state index contributed by atoms with van der Waals surface area (Å²) in [4.78, 5) is 8.56. The normalized spacial score (nSPS) is 20.2. The standard InChI is InChI=1S/C20H34N4OS.HI/c1-16(24-10-5-18-17(14-24)6-12-26-18)13-22-19(21-2)23-15-20(7-4-8-20)9-11-25-3;/h6,12,16H,4-5,7-11,13-15H2,1-3H3,(H2,21,22,23);1H. The molecule has 1 saturated carbocycles. The van der Waals surface area contributed by atoms with Crippen molar-refractivity contribution in [2.45, 2.75) is 51.6 Å². The third-order valence-corrected chi connectivity index (χ3v) is 7.15. The fourth-order valence-corrected chi connectivity index (χ4v) is 4.91. The zero-order valence-corrected chi connectivity index (χ0v) is 20.1. The lowest BCUT2D eigenvalue weighted by Gasteiger charge is -2.42. The Bertz CT molecular complexity index is 603. The molecule has 5 nitrogen and oxygen atoms in total. The molecular weight excluding hydrogens is 471 g/mol. The summed E-state index contributed by atoms with van der Waals surface area (Å²) in [5.41, 5.74) is 1.92. The van der Waals surface area contributed by atoms with Crippen molar-refractivity contribution in [1.82, 2.24) is 15.5 Å². The molecule has 1 unspecified atom stereocenters. The first kappa shape index (κ1) is 22.9. The monoisotopic (exact) mass is 506 g/mol. The average Bonchev–Trinajstić information content (AvgIpc) is 3.10. The molecule has 0 saturated heterocycles. The summed E-state index contributed by atoms with van der Waals surface area (Å²) in [6.45, 7) is 7.31. The summed E-state index contributed by atoms with van der Waals surface area (Å²) in [5, 5.41) is 9.31. The van der Waals surface area contributed by atoms with Crippen LogP contribution in [0.4, 0.5) is 0 Å². The molecule has 2 N–H and O–H groups in total. The van der Waals surface area contributed by atoms with Gasteiger partial charge in [0.1, 0.15) is 0 Å². The Kier molecular flexibility index (Phi) is 9.31. The van der Waals surface area contributed by atoms with Gasteiger partial charge in [-0.15, -0.1) is 35.3 Å². The van der Waals surface area contributed by atoms with Crippen molar-refractivity contribution in [3.8, 4) is 0 Å². The molecule has 0 bridgehead atoms. The topological polar surface area (TPSA) is 48.9 Å². The lowest BCUT2D eigenvalue weighted by Crippen LogP contribution is -2.50. The Morgan fingerprint density at radius 1 is 1.41 bits per heavy atom. The van der Waals surface area contributed by atoms with Crippen LogP contribution >= 0.6 is 35.3 Å². The zero-order valence-electron chi connectivity index (χ0n) is 16.9. The lowest BCUT2D eigenvalue weighted by atomic mass is 9.67. The molecule has 0 spiro atoms. The smallest absolute Gasteiger partial charge is 0.191 e. The number of halogens is 1. The van der Waals surface area contributed by atoms with Gasteiger partial charge >= 0.3 is 0 Å². The van der Waals surface area contributed by atoms with Crippen LogP contribution in [0.3, 0.4) is 0 Å². The number of guanidine groups is 1. The number of fused-ring (bicyclic) bond motifs is 1. The summed E-state index contributed by atoms with van der Waals surface area (Å²) >= 11 is 1.90. The van der Waals surface area contributed by atoms with Gasteiger partial charge in [0.05, 0.1) is 0 Å². The van der Waals surface area contributed by atoms with Gasteiger partial charge in [-0.25, -0.2) is 0 Å². The maximum absolute atomic E-state index is 5.29. The third kappa shape index (κ3) is 6.05. The Morgan fingerprint density at radius 3 is 2.89 bits per heavy atom. The molecule has 1 aromatic rings. The molecule has 1 aromatic heterocycles. The highest BCUT2D eigenvalue weighted by Crippen LogP contribution is 2.43. The molecule has 1 atom stereocenters. The van der Waals surface area contributed by atoms with E-state index in [-0.39, 0.29) is 24.0 Å². The highest BCUT2D eigenvalue weighted by atomic mass is 127. The van der Waals surface area contributed by atoms with Gasteiger partial charge in [0.2, 0.25) is 0 Å². The van der Waals surface area contributed by atoms with Crippen LogP contribution in [0, 0.1) is 5.41 Å². The van der Waals surface area contributed by atoms with Gasteiger partial charge in [-0.05, 0) is 55.0 Å². The summed E-state index contributed by atoms with van der Waals surface area (Å²) in [6, 6.07) is 2.78. The number of thiophene rings is 1. The molecule has 2 aliphatic rings. The Hall–Kier alpha value is -0.380. The van der Waals surface area contributed by atoms with Crippen LogP contribution in [0.15, 0.2) is 16.4 Å². The summed E-state index contributed by atoms with van der Waals surface area (Å²) in [7, 11) is 3.66. The minimum atomic E-state index is 0. The molecule has 0 aromatic carbocycles. The van der Waals surface area contributed by atoms with Crippen LogP contribution in [0.25, 0.3) is 0 Å². The quantitative estimate of drug-likeness (QED) is 0.322. The van der Waals surface area contributed by atoms with Gasteiger partial charge in [-0.2, -0.15) is 0 Å². The molecule has 1 fully saturated rings. The van der Waals surface area contributed by atoms with Crippen LogP contribution in [0.2, 0.25) is 0 Å². The maximum Gasteiger partial charge on any atom is 0.191 e. The molecule has 1 aliphatic carbocycles. The van der Waals surface area contributed by atoms with Gasteiger partial charge in [0.25, 0.3) is 0 Å². The second kappa shape index (κ2) is 11.0. The molecular formula is C20H35IN4OS. The predicted octanol–water partition coefficient (Wildman–Crippen LogP) is 3.48. The molecule has 7 heteroatoms. The molecule has 27 heavy (non-hydrogen) atoms. The van der Waals surface area contributed by atoms with Crippen molar-refractivity contribution >= 4 is 41.3 Å². The minimum absolute atomic E-state index is 0. The van der Waals surface area contributed by atoms with E-state index in [0.29, 0.717) is 11.5 Å². The number of rotatable bonds is 8. The van der Waals surface area contributed by atoms with Crippen molar-refractivity contribution in [2.24, 2.45) is 10.4 Å². The van der Waals surface area contributed by atoms with Crippen molar-refractivity contribution in [1.29, 1.82) is 0 Å². The van der Waals surface area contributed by atoms with E-state index >= 15 is 0 Å². The molecule has 0 radical (unpaired) electrons. The first-order chi connectivity index (χ1) is 12.7. The van der Waals surface area contributed by atoms with E-state index < -0.39 is 0 Å². The summed E-state index contributed by atoms with van der Waals surface area (Å²) in [6.07, 6.45) is 6.27. The third-order valence-electron chi connectivity index (χ3n) is 6.13. The van der Waals surface area contributed by atoms with E-state index in [1.807, 2.05) is 18.4 Å². The number of ether oxygens (including phenoxy) is 1. The average molecular weight is 506 g/mol. The van der Waals surface area contributed by atoms with Crippen molar-refractivity contribution in [2.75, 3.05) is 40.4 Å². The molecule has 1 aliphatic heterocycles. The van der Waals surface area contributed by atoms with Gasteiger partial charge < -0.3 is 15.4 Å². The van der Waals surface area contributed by atoms with Crippen molar-refractivity contribution in [3.63, 3.8) is 0 Å². The highest BCUT2D eigenvalue weighted by molar-refractivity contribution is 14.0. The summed E-state index contributed by atoms with van der Waals surface area (Å²) < 4.78 is 5.29. The Balaban J connectivity index is 0.00000261. The van der Waals surface area contributed by atoms with Crippen LogP contribution in [-0.2, 0) is 17.7 Å². The number of hydrogen-bond acceptors (Lipinski definition) is 4. The fraction of sp³-hybridized carbons (Fsp3) is 0.750. The van der Waals surface area contributed by atoms with E-state index in [1.165, 1.54) is 31.2 Å². The minimum Gasteiger partial charge on any atom is -0.385 e. The summed E-state index contributed by atoms with van der Waals surface area (Å²) in [5.74, 6) is 0.925. The van der Waals surface area contributed by atoms with Crippen LogP contribution < -0.4 is 10.6 Å². The van der Waals surface area contributed by atoms with E-state index in [9.17, 15) is 0 Å². The molecule has 154 valence electrons. The number of nitrogens with zero attached hydrogens (tertiary/aromatic N) is 2. The van der Waals surface area contributed by atoms with Gasteiger partial charge in [-0.1, -0.05) is 6.42 Å². The molecule has 2 heterocycles. The number of aliphatic imine (C=N–C) groups is 1. The van der Waals surface area contributed by atoms with Gasteiger partial charge in [0, 0.05) is 57.9 Å². The lowest BCUT2D eigenvalue weighted by molar-refractivity contribution is 0.0732. The second-order valence-electron chi connectivity index (χ2n) is 7.84. The Morgan fingerprint density at radius 2 is 2.22 bits per heavy atom. The van der Waals surface area contributed by atoms with Gasteiger partial charge in [-0.3, -0.25) is 9.89 Å². The predicted molar refractivity (Wildman–Crippen MR) is 125 cm³/mol. The maximum atomic E-state index is 5.29. The van der Waals surface area contributed by atoms with Crippen LogP contribution in [0.5, 0.6) is 0 Å². The second-order valence-corrected chi connectivity index (χ2v) is 8.84. The fourth-order valence-electron chi connectivity index (χ4n) is 4.02.